The van der Waals surface area contributed by atoms with E-state index in [2.05, 4.69) is 10.6 Å². The van der Waals surface area contributed by atoms with Gasteiger partial charge >= 0.3 is 0 Å². The van der Waals surface area contributed by atoms with Gasteiger partial charge in [0.2, 0.25) is 0 Å². The predicted molar refractivity (Wildman–Crippen MR) is 73.7 cm³/mol. The fourth-order valence-corrected chi connectivity index (χ4v) is 2.25. The number of amides is 1. The van der Waals surface area contributed by atoms with Crippen molar-refractivity contribution in [1.29, 1.82) is 0 Å². The summed E-state index contributed by atoms with van der Waals surface area (Å²) in [5.41, 5.74) is 1.95. The summed E-state index contributed by atoms with van der Waals surface area (Å²) in [5, 5.41) is 6.18. The highest BCUT2D eigenvalue weighted by Gasteiger charge is 2.18. The Morgan fingerprint density at radius 2 is 2.11 bits per heavy atom. The van der Waals surface area contributed by atoms with E-state index in [0.29, 0.717) is 5.92 Å². The maximum absolute atomic E-state index is 12.1. The van der Waals surface area contributed by atoms with Gasteiger partial charge in [0, 0.05) is 12.1 Å². The number of nitrogens with one attached hydrogen (secondary N) is 2. The summed E-state index contributed by atoms with van der Waals surface area (Å²) in [5.74, 6) is 0.784. The van der Waals surface area contributed by atoms with Crippen molar-refractivity contribution in [3.05, 3.63) is 35.4 Å². The van der Waals surface area contributed by atoms with Gasteiger partial charge < -0.3 is 10.6 Å². The SMILES string of the molecule is CNCCc1ccccc1C(=O)NCC1CCC1. The van der Waals surface area contributed by atoms with Crippen LogP contribution in [0.25, 0.3) is 0 Å². The Kier molecular flexibility index (Phi) is 4.76. The number of carbonyl (C=O) groups is 1. The molecule has 0 heterocycles. The number of hydrogen-bond acceptors (Lipinski definition) is 2. The van der Waals surface area contributed by atoms with E-state index >= 15 is 0 Å². The van der Waals surface area contributed by atoms with Crippen LogP contribution in [0.4, 0.5) is 0 Å². The molecule has 1 aromatic carbocycles. The molecule has 1 aliphatic carbocycles. The van der Waals surface area contributed by atoms with Crippen molar-refractivity contribution >= 4 is 5.91 Å². The molecule has 0 aliphatic heterocycles. The summed E-state index contributed by atoms with van der Waals surface area (Å²) in [6.07, 6.45) is 4.74. The van der Waals surface area contributed by atoms with Gasteiger partial charge in [-0.15, -0.1) is 0 Å². The molecule has 0 aromatic heterocycles. The predicted octanol–water partition coefficient (Wildman–Crippen LogP) is 1.98. The van der Waals surface area contributed by atoms with Crippen LogP contribution in [0.5, 0.6) is 0 Å². The first-order valence-corrected chi connectivity index (χ1v) is 6.82. The molecule has 0 bridgehead atoms. The molecule has 18 heavy (non-hydrogen) atoms. The standard InChI is InChI=1S/C15H22N2O/c1-16-10-9-13-7-2-3-8-14(13)15(18)17-11-12-5-4-6-12/h2-3,7-8,12,16H,4-6,9-11H2,1H3,(H,17,18). The van der Waals surface area contributed by atoms with Crippen LogP contribution in [0.3, 0.4) is 0 Å². The van der Waals surface area contributed by atoms with Crippen molar-refractivity contribution in [3.8, 4) is 0 Å². The van der Waals surface area contributed by atoms with Crippen LogP contribution in [0.1, 0.15) is 35.2 Å². The highest BCUT2D eigenvalue weighted by Crippen LogP contribution is 2.25. The number of rotatable bonds is 6. The molecule has 0 saturated heterocycles. The van der Waals surface area contributed by atoms with Crippen LogP contribution in [-0.4, -0.2) is 26.0 Å². The number of likely N-dealkylation sites (N-methyl/N-ethyl adjacent to an activating group) is 1. The van der Waals surface area contributed by atoms with Crippen LogP contribution in [0.2, 0.25) is 0 Å². The Bertz CT molecular complexity index is 399. The third-order valence-corrected chi connectivity index (χ3v) is 3.68. The van der Waals surface area contributed by atoms with Crippen molar-refractivity contribution in [1.82, 2.24) is 10.6 Å². The molecule has 1 amide bonds. The smallest absolute Gasteiger partial charge is 0.251 e. The van der Waals surface area contributed by atoms with Gasteiger partial charge in [-0.25, -0.2) is 0 Å². The minimum atomic E-state index is 0.0774. The molecular weight excluding hydrogens is 224 g/mol. The summed E-state index contributed by atoms with van der Waals surface area (Å²) >= 11 is 0. The van der Waals surface area contributed by atoms with Gasteiger partial charge in [0.25, 0.3) is 5.91 Å². The van der Waals surface area contributed by atoms with Crippen LogP contribution < -0.4 is 10.6 Å². The van der Waals surface area contributed by atoms with Crippen molar-refractivity contribution in [2.45, 2.75) is 25.7 Å². The first-order valence-electron chi connectivity index (χ1n) is 6.82. The van der Waals surface area contributed by atoms with E-state index in [-0.39, 0.29) is 5.91 Å². The van der Waals surface area contributed by atoms with E-state index in [0.717, 1.165) is 30.6 Å². The zero-order valence-electron chi connectivity index (χ0n) is 11.0. The topological polar surface area (TPSA) is 41.1 Å². The molecule has 2 rings (SSSR count). The van der Waals surface area contributed by atoms with Crippen molar-refractivity contribution < 1.29 is 4.79 Å². The molecule has 0 radical (unpaired) electrons. The van der Waals surface area contributed by atoms with E-state index < -0.39 is 0 Å². The lowest BCUT2D eigenvalue weighted by molar-refractivity contribution is 0.0938. The lowest BCUT2D eigenvalue weighted by Gasteiger charge is -2.25. The minimum absolute atomic E-state index is 0.0774. The summed E-state index contributed by atoms with van der Waals surface area (Å²) in [7, 11) is 1.93. The third kappa shape index (κ3) is 3.33. The molecule has 3 nitrogen and oxygen atoms in total. The molecule has 1 fully saturated rings. The van der Waals surface area contributed by atoms with Gasteiger partial charge in [-0.3, -0.25) is 4.79 Å². The second-order valence-corrected chi connectivity index (χ2v) is 5.02. The van der Waals surface area contributed by atoms with Gasteiger partial charge in [0.15, 0.2) is 0 Å². The summed E-state index contributed by atoms with van der Waals surface area (Å²) in [6.45, 7) is 1.73. The van der Waals surface area contributed by atoms with Crippen LogP contribution in [-0.2, 0) is 6.42 Å². The zero-order chi connectivity index (χ0) is 12.8. The first kappa shape index (κ1) is 13.1. The molecule has 1 saturated carbocycles. The molecule has 0 atom stereocenters. The van der Waals surface area contributed by atoms with Crippen molar-refractivity contribution in [2.75, 3.05) is 20.1 Å². The summed E-state index contributed by atoms with van der Waals surface area (Å²) < 4.78 is 0. The first-order chi connectivity index (χ1) is 8.81. The third-order valence-electron chi connectivity index (χ3n) is 3.68. The molecular formula is C15H22N2O. The molecule has 2 N–H and O–H groups in total. The Labute approximate surface area is 109 Å². The normalized spacial score (nSPS) is 15.2. The van der Waals surface area contributed by atoms with E-state index in [1.54, 1.807) is 0 Å². The van der Waals surface area contributed by atoms with E-state index in [1.165, 1.54) is 19.3 Å². The van der Waals surface area contributed by atoms with Gasteiger partial charge in [-0.05, 0) is 50.4 Å². The van der Waals surface area contributed by atoms with Crippen molar-refractivity contribution in [3.63, 3.8) is 0 Å². The van der Waals surface area contributed by atoms with Crippen LogP contribution >= 0.6 is 0 Å². The Hall–Kier alpha value is -1.35. The number of benzene rings is 1. The van der Waals surface area contributed by atoms with E-state index in [4.69, 9.17) is 0 Å². The zero-order valence-corrected chi connectivity index (χ0v) is 11.0. The molecule has 3 heteroatoms. The highest BCUT2D eigenvalue weighted by atomic mass is 16.1. The van der Waals surface area contributed by atoms with Gasteiger partial charge in [0.05, 0.1) is 0 Å². The fraction of sp³-hybridized carbons (Fsp3) is 0.533. The Balaban J connectivity index is 1.94. The summed E-state index contributed by atoms with van der Waals surface area (Å²) in [6, 6.07) is 7.88. The lowest BCUT2D eigenvalue weighted by Crippen LogP contribution is -2.32. The van der Waals surface area contributed by atoms with E-state index in [9.17, 15) is 4.79 Å². The van der Waals surface area contributed by atoms with Gasteiger partial charge in [0.1, 0.15) is 0 Å². The fourth-order valence-electron chi connectivity index (χ4n) is 2.25. The minimum Gasteiger partial charge on any atom is -0.352 e. The number of hydrogen-bond donors (Lipinski definition) is 2. The Morgan fingerprint density at radius 1 is 1.33 bits per heavy atom. The average molecular weight is 246 g/mol. The Morgan fingerprint density at radius 3 is 2.78 bits per heavy atom. The largest absolute Gasteiger partial charge is 0.352 e. The van der Waals surface area contributed by atoms with E-state index in [1.807, 2.05) is 31.3 Å². The second kappa shape index (κ2) is 6.55. The van der Waals surface area contributed by atoms with Gasteiger partial charge in [-0.1, -0.05) is 24.6 Å². The molecule has 0 spiro atoms. The maximum Gasteiger partial charge on any atom is 0.251 e. The van der Waals surface area contributed by atoms with Crippen molar-refractivity contribution in [2.24, 2.45) is 5.92 Å². The highest BCUT2D eigenvalue weighted by molar-refractivity contribution is 5.95. The monoisotopic (exact) mass is 246 g/mol. The summed E-state index contributed by atoms with van der Waals surface area (Å²) in [4.78, 5) is 12.1. The average Bonchev–Trinajstić information content (AvgIpc) is 2.34. The second-order valence-electron chi connectivity index (χ2n) is 5.02. The lowest BCUT2D eigenvalue weighted by atomic mass is 9.85. The molecule has 1 aromatic rings. The molecule has 98 valence electrons. The number of carbonyl (C=O) groups excluding carboxylic acids is 1. The van der Waals surface area contributed by atoms with Crippen LogP contribution in [0, 0.1) is 5.92 Å². The van der Waals surface area contributed by atoms with Gasteiger partial charge in [-0.2, -0.15) is 0 Å². The van der Waals surface area contributed by atoms with Crippen LogP contribution in [0.15, 0.2) is 24.3 Å². The quantitative estimate of drug-likeness (QED) is 0.806. The maximum atomic E-state index is 12.1. The molecule has 0 unspecified atom stereocenters. The molecule has 1 aliphatic rings.